The van der Waals surface area contributed by atoms with Crippen molar-refractivity contribution >= 4 is 28.9 Å². The van der Waals surface area contributed by atoms with Crippen molar-refractivity contribution in [3.05, 3.63) is 47.3 Å². The molecule has 140 valence electrons. The Hall–Kier alpha value is -3.13. The van der Waals surface area contributed by atoms with Gasteiger partial charge in [0.15, 0.2) is 11.3 Å². The van der Waals surface area contributed by atoms with Crippen LogP contribution in [0.4, 0.5) is 0 Å². The lowest BCUT2D eigenvalue weighted by Gasteiger charge is -2.27. The second kappa shape index (κ2) is 6.88. The number of fused-ring (bicyclic) bond motifs is 1. The molecule has 2 aliphatic rings. The lowest BCUT2D eigenvalue weighted by atomic mass is 9.93. The molecule has 27 heavy (non-hydrogen) atoms. The van der Waals surface area contributed by atoms with Gasteiger partial charge in [-0.3, -0.25) is 4.79 Å². The number of carboxylic acid groups (broad SMARTS) is 1. The molecule has 4 N–H and O–H groups in total. The van der Waals surface area contributed by atoms with Crippen molar-refractivity contribution in [2.24, 2.45) is 0 Å². The SMILES string of the molecule is O=C(O)C1=C(N[C@H]2CC[C@H](O)CC2)OC(=Cc2c[nH]c3ncccc23)C1=O. The number of nitrogens with zero attached hydrogens (tertiary/aromatic N) is 1. The first-order valence-electron chi connectivity index (χ1n) is 8.81. The van der Waals surface area contributed by atoms with Gasteiger partial charge in [-0.05, 0) is 43.9 Å². The van der Waals surface area contributed by atoms with Crippen LogP contribution in [0, 0.1) is 0 Å². The van der Waals surface area contributed by atoms with E-state index in [4.69, 9.17) is 4.74 Å². The monoisotopic (exact) mass is 369 g/mol. The number of ether oxygens (including phenoxy) is 1. The fraction of sp³-hybridized carbons (Fsp3) is 0.316. The largest absolute Gasteiger partial charge is 0.477 e. The zero-order chi connectivity index (χ0) is 19.0. The maximum absolute atomic E-state index is 12.6. The van der Waals surface area contributed by atoms with E-state index in [1.54, 1.807) is 18.5 Å². The number of nitrogens with one attached hydrogen (secondary N) is 2. The van der Waals surface area contributed by atoms with E-state index in [0.29, 0.717) is 36.9 Å². The molecule has 0 amide bonds. The third kappa shape index (κ3) is 3.31. The van der Waals surface area contributed by atoms with Crippen molar-refractivity contribution in [2.45, 2.75) is 37.8 Å². The molecule has 1 fully saturated rings. The first-order chi connectivity index (χ1) is 13.0. The van der Waals surface area contributed by atoms with E-state index >= 15 is 0 Å². The Labute approximate surface area is 154 Å². The van der Waals surface area contributed by atoms with Crippen molar-refractivity contribution in [3.8, 4) is 0 Å². The average molecular weight is 369 g/mol. The number of carboxylic acids is 1. The summed E-state index contributed by atoms with van der Waals surface area (Å²) >= 11 is 0. The number of Topliss-reactive ketones (excluding diaryl/α,β-unsaturated/α-hetero) is 1. The van der Waals surface area contributed by atoms with E-state index in [-0.39, 0.29) is 23.8 Å². The van der Waals surface area contributed by atoms with Crippen LogP contribution in [0.15, 0.2) is 41.7 Å². The van der Waals surface area contributed by atoms with Crippen molar-refractivity contribution in [3.63, 3.8) is 0 Å². The Morgan fingerprint density at radius 2 is 2.11 bits per heavy atom. The maximum atomic E-state index is 12.6. The molecule has 1 saturated carbocycles. The van der Waals surface area contributed by atoms with E-state index in [1.165, 1.54) is 6.08 Å². The number of aliphatic carboxylic acids is 1. The van der Waals surface area contributed by atoms with Gasteiger partial charge < -0.3 is 25.3 Å². The number of carbonyl (C=O) groups excluding carboxylic acids is 1. The molecule has 2 aromatic heterocycles. The summed E-state index contributed by atoms with van der Waals surface area (Å²) in [6.45, 7) is 0. The molecule has 8 heteroatoms. The van der Waals surface area contributed by atoms with Crippen LogP contribution in [0.2, 0.25) is 0 Å². The summed E-state index contributed by atoms with van der Waals surface area (Å²) in [7, 11) is 0. The van der Waals surface area contributed by atoms with E-state index in [2.05, 4.69) is 15.3 Å². The highest BCUT2D eigenvalue weighted by Crippen LogP contribution is 2.29. The molecular weight excluding hydrogens is 350 g/mol. The number of aromatic amines is 1. The first-order valence-corrected chi connectivity index (χ1v) is 8.81. The van der Waals surface area contributed by atoms with Gasteiger partial charge in [0.2, 0.25) is 11.7 Å². The molecule has 8 nitrogen and oxygen atoms in total. The van der Waals surface area contributed by atoms with Gasteiger partial charge in [0.25, 0.3) is 0 Å². The highest BCUT2D eigenvalue weighted by molar-refractivity contribution is 6.26. The van der Waals surface area contributed by atoms with Crippen LogP contribution in [0.3, 0.4) is 0 Å². The number of pyridine rings is 1. The quantitative estimate of drug-likeness (QED) is 0.477. The van der Waals surface area contributed by atoms with E-state index in [1.807, 2.05) is 6.07 Å². The molecule has 1 aliphatic carbocycles. The van der Waals surface area contributed by atoms with Crippen LogP contribution in [0.1, 0.15) is 31.2 Å². The topological polar surface area (TPSA) is 125 Å². The lowest BCUT2D eigenvalue weighted by molar-refractivity contribution is -0.134. The fourth-order valence-electron chi connectivity index (χ4n) is 3.47. The number of hydrogen-bond donors (Lipinski definition) is 4. The Bertz CT molecular complexity index is 967. The molecular formula is C19H19N3O5. The normalized spacial score (nSPS) is 24.5. The van der Waals surface area contributed by atoms with Gasteiger partial charge in [-0.15, -0.1) is 0 Å². The van der Waals surface area contributed by atoms with Crippen LogP contribution < -0.4 is 5.32 Å². The minimum atomic E-state index is -1.33. The third-order valence-corrected chi connectivity index (χ3v) is 4.91. The van der Waals surface area contributed by atoms with Crippen molar-refractivity contribution in [1.29, 1.82) is 0 Å². The number of rotatable bonds is 4. The van der Waals surface area contributed by atoms with Crippen LogP contribution in [0.25, 0.3) is 17.1 Å². The van der Waals surface area contributed by atoms with Gasteiger partial charge in [0.1, 0.15) is 5.65 Å². The molecule has 3 heterocycles. The summed E-state index contributed by atoms with van der Waals surface area (Å²) in [6, 6.07) is 3.59. The number of aromatic nitrogens is 2. The van der Waals surface area contributed by atoms with Gasteiger partial charge in [-0.2, -0.15) is 0 Å². The Kier molecular flexibility index (Phi) is 4.41. The van der Waals surface area contributed by atoms with Crippen LogP contribution in [-0.2, 0) is 14.3 Å². The molecule has 2 aromatic rings. The number of hydrogen-bond acceptors (Lipinski definition) is 6. The summed E-state index contributed by atoms with van der Waals surface area (Å²) in [5.74, 6) is -2.07. The van der Waals surface area contributed by atoms with E-state index in [9.17, 15) is 19.8 Å². The number of aliphatic hydroxyl groups is 1. The predicted octanol–water partition coefficient (Wildman–Crippen LogP) is 1.69. The molecule has 1 aliphatic heterocycles. The zero-order valence-corrected chi connectivity index (χ0v) is 14.4. The summed E-state index contributed by atoms with van der Waals surface area (Å²) < 4.78 is 5.60. The molecule has 4 rings (SSSR count). The Morgan fingerprint density at radius 3 is 2.85 bits per heavy atom. The standard InChI is InChI=1S/C19H19N3O5/c23-12-5-3-11(4-6-12)22-18-15(19(25)26)16(24)14(27-18)8-10-9-21-17-13(10)2-1-7-20-17/h1-2,7-9,11-12,22-23H,3-6H2,(H,20,21)(H,25,26)/t11-,12-. The molecule has 0 spiro atoms. The Balaban J connectivity index is 1.60. The maximum Gasteiger partial charge on any atom is 0.345 e. The van der Waals surface area contributed by atoms with Gasteiger partial charge in [-0.25, -0.2) is 9.78 Å². The minimum Gasteiger partial charge on any atom is -0.477 e. The number of carbonyl (C=O) groups is 2. The van der Waals surface area contributed by atoms with Gasteiger partial charge in [0, 0.05) is 29.4 Å². The summed E-state index contributed by atoms with van der Waals surface area (Å²) in [5, 5.41) is 22.9. The van der Waals surface area contributed by atoms with E-state index < -0.39 is 17.3 Å². The molecule has 0 atom stereocenters. The van der Waals surface area contributed by atoms with Gasteiger partial charge in [-0.1, -0.05) is 0 Å². The van der Waals surface area contributed by atoms with Crippen LogP contribution in [0.5, 0.6) is 0 Å². The number of H-pyrrole nitrogens is 1. The highest BCUT2D eigenvalue weighted by atomic mass is 16.5. The molecule has 0 aromatic carbocycles. The second-order valence-electron chi connectivity index (χ2n) is 6.74. The van der Waals surface area contributed by atoms with Gasteiger partial charge >= 0.3 is 5.97 Å². The summed E-state index contributed by atoms with van der Waals surface area (Å²) in [4.78, 5) is 31.4. The number of ketones is 1. The first kappa shape index (κ1) is 17.3. The average Bonchev–Trinajstić information content (AvgIpc) is 3.19. The fourth-order valence-corrected chi connectivity index (χ4v) is 3.47. The highest BCUT2D eigenvalue weighted by Gasteiger charge is 2.37. The van der Waals surface area contributed by atoms with E-state index in [0.717, 1.165) is 5.39 Å². The number of aliphatic hydroxyl groups excluding tert-OH is 1. The smallest absolute Gasteiger partial charge is 0.345 e. The number of allylic oxidation sites excluding steroid dienone is 1. The van der Waals surface area contributed by atoms with Crippen LogP contribution >= 0.6 is 0 Å². The van der Waals surface area contributed by atoms with Crippen molar-refractivity contribution in [1.82, 2.24) is 15.3 Å². The zero-order valence-electron chi connectivity index (χ0n) is 14.4. The van der Waals surface area contributed by atoms with Gasteiger partial charge in [0.05, 0.1) is 6.10 Å². The summed E-state index contributed by atoms with van der Waals surface area (Å²) in [6.07, 6.45) is 7.16. The second-order valence-corrected chi connectivity index (χ2v) is 6.74. The molecule has 0 unspecified atom stereocenters. The molecule has 0 saturated heterocycles. The minimum absolute atomic E-state index is 0.0295. The molecule has 0 radical (unpaired) electrons. The van der Waals surface area contributed by atoms with Crippen molar-refractivity contribution < 1.29 is 24.5 Å². The molecule has 0 bridgehead atoms. The summed E-state index contributed by atoms with van der Waals surface area (Å²) in [5.41, 5.74) is 0.957. The lowest BCUT2D eigenvalue weighted by Crippen LogP contribution is -2.35. The van der Waals surface area contributed by atoms with Crippen molar-refractivity contribution in [2.75, 3.05) is 0 Å². The third-order valence-electron chi connectivity index (χ3n) is 4.91. The van der Waals surface area contributed by atoms with Crippen LogP contribution in [-0.4, -0.2) is 44.1 Å². The Morgan fingerprint density at radius 1 is 1.33 bits per heavy atom. The predicted molar refractivity (Wildman–Crippen MR) is 96.2 cm³/mol.